The Morgan fingerprint density at radius 1 is 1.29 bits per heavy atom. The first-order chi connectivity index (χ1) is 8.26. The van der Waals surface area contributed by atoms with Crippen molar-refractivity contribution in [3.63, 3.8) is 0 Å². The SMILES string of the molecule is CNC(=O)CCN(CCN)Cc1ccccc1. The molecular weight excluding hydrogens is 214 g/mol. The predicted octanol–water partition coefficient (Wildman–Crippen LogP) is 0.583. The van der Waals surface area contributed by atoms with Gasteiger partial charge >= 0.3 is 0 Å². The van der Waals surface area contributed by atoms with Gasteiger partial charge in [0, 0.05) is 39.6 Å². The lowest BCUT2D eigenvalue weighted by atomic mass is 10.2. The van der Waals surface area contributed by atoms with E-state index in [0.29, 0.717) is 13.0 Å². The minimum atomic E-state index is 0.0695. The standard InChI is InChI=1S/C13H21N3O/c1-15-13(17)7-9-16(10-8-14)11-12-5-3-2-4-6-12/h2-6H,7-11,14H2,1H3,(H,15,17). The van der Waals surface area contributed by atoms with Gasteiger partial charge in [0.05, 0.1) is 0 Å². The Hall–Kier alpha value is -1.39. The van der Waals surface area contributed by atoms with Crippen LogP contribution in [-0.4, -0.2) is 37.5 Å². The van der Waals surface area contributed by atoms with Crippen LogP contribution < -0.4 is 11.1 Å². The fraction of sp³-hybridized carbons (Fsp3) is 0.462. The number of hydrogen-bond acceptors (Lipinski definition) is 3. The molecule has 1 aromatic carbocycles. The van der Waals surface area contributed by atoms with Gasteiger partial charge in [0.15, 0.2) is 0 Å². The first-order valence-electron chi connectivity index (χ1n) is 5.93. The van der Waals surface area contributed by atoms with Gasteiger partial charge in [0.25, 0.3) is 0 Å². The predicted molar refractivity (Wildman–Crippen MR) is 69.5 cm³/mol. The highest BCUT2D eigenvalue weighted by atomic mass is 16.1. The molecule has 0 aliphatic carbocycles. The zero-order valence-electron chi connectivity index (χ0n) is 10.4. The number of nitrogens with one attached hydrogen (secondary N) is 1. The highest BCUT2D eigenvalue weighted by Crippen LogP contribution is 2.04. The maximum Gasteiger partial charge on any atom is 0.221 e. The quantitative estimate of drug-likeness (QED) is 0.727. The maximum atomic E-state index is 11.2. The third-order valence-electron chi connectivity index (χ3n) is 2.63. The Kier molecular flexibility index (Phi) is 6.29. The number of carbonyl (C=O) groups is 1. The van der Waals surface area contributed by atoms with Crippen molar-refractivity contribution in [2.24, 2.45) is 5.73 Å². The van der Waals surface area contributed by atoms with E-state index in [-0.39, 0.29) is 5.91 Å². The Labute approximate surface area is 103 Å². The summed E-state index contributed by atoms with van der Waals surface area (Å²) in [6.07, 6.45) is 0.517. The molecule has 94 valence electrons. The van der Waals surface area contributed by atoms with E-state index in [1.165, 1.54) is 5.56 Å². The van der Waals surface area contributed by atoms with E-state index in [1.54, 1.807) is 7.05 Å². The van der Waals surface area contributed by atoms with Gasteiger partial charge in [-0.3, -0.25) is 9.69 Å². The topological polar surface area (TPSA) is 58.4 Å². The largest absolute Gasteiger partial charge is 0.359 e. The number of carbonyl (C=O) groups excluding carboxylic acids is 1. The van der Waals surface area contributed by atoms with Crippen LogP contribution in [0.4, 0.5) is 0 Å². The van der Waals surface area contributed by atoms with Crippen molar-refractivity contribution in [3.05, 3.63) is 35.9 Å². The lowest BCUT2D eigenvalue weighted by molar-refractivity contribution is -0.120. The van der Waals surface area contributed by atoms with Crippen LogP contribution in [0.25, 0.3) is 0 Å². The molecule has 0 saturated carbocycles. The van der Waals surface area contributed by atoms with E-state index >= 15 is 0 Å². The van der Waals surface area contributed by atoms with Crippen molar-refractivity contribution in [1.29, 1.82) is 0 Å². The summed E-state index contributed by atoms with van der Waals surface area (Å²) in [5, 5.41) is 2.63. The molecule has 0 saturated heterocycles. The van der Waals surface area contributed by atoms with E-state index in [0.717, 1.165) is 19.6 Å². The Bertz CT molecular complexity index is 327. The van der Waals surface area contributed by atoms with Gasteiger partial charge in [0.2, 0.25) is 5.91 Å². The van der Waals surface area contributed by atoms with Crippen LogP contribution in [0.2, 0.25) is 0 Å². The fourth-order valence-electron chi connectivity index (χ4n) is 1.68. The summed E-state index contributed by atoms with van der Waals surface area (Å²) in [5.74, 6) is 0.0695. The van der Waals surface area contributed by atoms with E-state index in [1.807, 2.05) is 18.2 Å². The molecule has 0 aromatic heterocycles. The van der Waals surface area contributed by atoms with Crippen molar-refractivity contribution in [1.82, 2.24) is 10.2 Å². The van der Waals surface area contributed by atoms with Gasteiger partial charge in [0.1, 0.15) is 0 Å². The van der Waals surface area contributed by atoms with Gasteiger partial charge in [-0.25, -0.2) is 0 Å². The highest BCUT2D eigenvalue weighted by Gasteiger charge is 2.07. The molecular formula is C13H21N3O. The summed E-state index contributed by atoms with van der Waals surface area (Å²) in [6.45, 7) is 3.01. The lowest BCUT2D eigenvalue weighted by Crippen LogP contribution is -2.32. The highest BCUT2D eigenvalue weighted by molar-refractivity contribution is 5.75. The van der Waals surface area contributed by atoms with Gasteiger partial charge in [-0.2, -0.15) is 0 Å². The fourth-order valence-corrected chi connectivity index (χ4v) is 1.68. The van der Waals surface area contributed by atoms with Crippen LogP contribution in [0, 0.1) is 0 Å². The average molecular weight is 235 g/mol. The molecule has 3 N–H and O–H groups in total. The van der Waals surface area contributed by atoms with E-state index in [9.17, 15) is 4.79 Å². The Balaban J connectivity index is 2.45. The number of amides is 1. The van der Waals surface area contributed by atoms with E-state index < -0.39 is 0 Å². The van der Waals surface area contributed by atoms with Gasteiger partial charge in [-0.1, -0.05) is 30.3 Å². The summed E-state index contributed by atoms with van der Waals surface area (Å²) in [7, 11) is 1.66. The third kappa shape index (κ3) is 5.47. The van der Waals surface area contributed by atoms with Crippen LogP contribution in [0.5, 0.6) is 0 Å². The molecule has 1 amide bonds. The van der Waals surface area contributed by atoms with Crippen LogP contribution in [0.3, 0.4) is 0 Å². The zero-order valence-corrected chi connectivity index (χ0v) is 10.4. The van der Waals surface area contributed by atoms with Crippen molar-refractivity contribution >= 4 is 5.91 Å². The molecule has 0 fully saturated rings. The molecule has 1 aromatic rings. The molecule has 4 heteroatoms. The monoisotopic (exact) mass is 235 g/mol. The van der Waals surface area contributed by atoms with Crippen LogP contribution in [0.15, 0.2) is 30.3 Å². The van der Waals surface area contributed by atoms with Crippen molar-refractivity contribution in [3.8, 4) is 0 Å². The minimum absolute atomic E-state index is 0.0695. The minimum Gasteiger partial charge on any atom is -0.359 e. The van der Waals surface area contributed by atoms with Crippen molar-refractivity contribution in [2.45, 2.75) is 13.0 Å². The molecule has 0 unspecified atom stereocenters. The molecule has 0 bridgehead atoms. The normalized spacial score (nSPS) is 10.5. The molecule has 0 aliphatic heterocycles. The third-order valence-corrected chi connectivity index (χ3v) is 2.63. The summed E-state index contributed by atoms with van der Waals surface area (Å²) in [5.41, 5.74) is 6.83. The first kappa shape index (κ1) is 13.7. The summed E-state index contributed by atoms with van der Waals surface area (Å²) < 4.78 is 0. The molecule has 0 heterocycles. The second kappa shape index (κ2) is 7.81. The van der Waals surface area contributed by atoms with Crippen LogP contribution in [0.1, 0.15) is 12.0 Å². The average Bonchev–Trinajstić information content (AvgIpc) is 2.37. The molecule has 0 aliphatic rings. The Morgan fingerprint density at radius 2 is 2.00 bits per heavy atom. The molecule has 0 atom stereocenters. The van der Waals surface area contributed by atoms with Gasteiger partial charge < -0.3 is 11.1 Å². The second-order valence-electron chi connectivity index (χ2n) is 3.97. The molecule has 0 radical (unpaired) electrons. The van der Waals surface area contributed by atoms with Gasteiger partial charge in [-0.05, 0) is 5.56 Å². The summed E-state index contributed by atoms with van der Waals surface area (Å²) in [4.78, 5) is 13.4. The van der Waals surface area contributed by atoms with Gasteiger partial charge in [-0.15, -0.1) is 0 Å². The van der Waals surface area contributed by atoms with Crippen LogP contribution >= 0.6 is 0 Å². The maximum absolute atomic E-state index is 11.2. The first-order valence-corrected chi connectivity index (χ1v) is 5.93. The van der Waals surface area contributed by atoms with E-state index in [4.69, 9.17) is 5.73 Å². The van der Waals surface area contributed by atoms with Crippen molar-refractivity contribution < 1.29 is 4.79 Å². The zero-order chi connectivity index (χ0) is 12.5. The number of rotatable bonds is 7. The lowest BCUT2D eigenvalue weighted by Gasteiger charge is -2.21. The van der Waals surface area contributed by atoms with Crippen LogP contribution in [-0.2, 0) is 11.3 Å². The molecule has 1 rings (SSSR count). The van der Waals surface area contributed by atoms with Crippen molar-refractivity contribution in [2.75, 3.05) is 26.7 Å². The van der Waals surface area contributed by atoms with E-state index in [2.05, 4.69) is 22.3 Å². The number of nitrogens with zero attached hydrogens (tertiary/aromatic N) is 1. The second-order valence-corrected chi connectivity index (χ2v) is 3.97. The summed E-state index contributed by atoms with van der Waals surface area (Å²) in [6, 6.07) is 10.2. The molecule has 4 nitrogen and oxygen atoms in total. The smallest absolute Gasteiger partial charge is 0.221 e. The number of hydrogen-bond donors (Lipinski definition) is 2. The number of benzene rings is 1. The summed E-state index contributed by atoms with van der Waals surface area (Å²) >= 11 is 0. The number of nitrogens with two attached hydrogens (primary N) is 1. The molecule has 0 spiro atoms. The molecule has 17 heavy (non-hydrogen) atoms. The Morgan fingerprint density at radius 3 is 2.59 bits per heavy atom.